The van der Waals surface area contributed by atoms with Crippen LogP contribution in [0.15, 0.2) is 18.2 Å². The molecule has 88 valence electrons. The SMILES string of the molecule is Cc1ccc(C(C)(C)C)cc1CNC(=O)S. The Bertz CT molecular complexity index is 393. The van der Waals surface area contributed by atoms with Crippen LogP contribution in [0.4, 0.5) is 4.79 Å². The molecule has 0 radical (unpaired) electrons. The number of carbonyl (C=O) groups is 1. The Morgan fingerprint density at radius 1 is 1.38 bits per heavy atom. The summed E-state index contributed by atoms with van der Waals surface area (Å²) in [4.78, 5) is 10.8. The van der Waals surface area contributed by atoms with Crippen LogP contribution in [0.25, 0.3) is 0 Å². The topological polar surface area (TPSA) is 29.1 Å². The van der Waals surface area contributed by atoms with Gasteiger partial charge in [0.2, 0.25) is 0 Å². The van der Waals surface area contributed by atoms with Gasteiger partial charge >= 0.3 is 0 Å². The highest BCUT2D eigenvalue weighted by atomic mass is 32.1. The molecule has 0 saturated carbocycles. The van der Waals surface area contributed by atoms with Gasteiger partial charge in [0.05, 0.1) is 0 Å². The minimum atomic E-state index is -0.291. The van der Waals surface area contributed by atoms with Crippen LogP contribution in [0.2, 0.25) is 0 Å². The van der Waals surface area contributed by atoms with Crippen molar-refractivity contribution < 1.29 is 4.79 Å². The van der Waals surface area contributed by atoms with Gasteiger partial charge in [0, 0.05) is 6.54 Å². The molecule has 0 aromatic heterocycles. The molecule has 2 nitrogen and oxygen atoms in total. The Hall–Kier alpha value is -0.960. The third-order valence-electron chi connectivity index (χ3n) is 2.65. The van der Waals surface area contributed by atoms with Crippen molar-refractivity contribution in [2.24, 2.45) is 0 Å². The third-order valence-corrected chi connectivity index (χ3v) is 2.80. The van der Waals surface area contributed by atoms with Gasteiger partial charge in [-0.3, -0.25) is 4.79 Å². The van der Waals surface area contributed by atoms with Crippen LogP contribution < -0.4 is 5.32 Å². The summed E-state index contributed by atoms with van der Waals surface area (Å²) in [5, 5.41) is 2.42. The van der Waals surface area contributed by atoms with Crippen LogP contribution in [0.3, 0.4) is 0 Å². The second kappa shape index (κ2) is 4.91. The number of amides is 1. The highest BCUT2D eigenvalue weighted by Crippen LogP contribution is 2.24. The number of nitrogens with one attached hydrogen (secondary N) is 1. The summed E-state index contributed by atoms with van der Waals surface area (Å²) in [6, 6.07) is 6.39. The highest BCUT2D eigenvalue weighted by molar-refractivity contribution is 7.96. The summed E-state index contributed by atoms with van der Waals surface area (Å²) < 4.78 is 0. The molecule has 0 heterocycles. The molecule has 0 aliphatic carbocycles. The minimum absolute atomic E-state index is 0.132. The van der Waals surface area contributed by atoms with Crippen molar-refractivity contribution in [3.63, 3.8) is 0 Å². The van der Waals surface area contributed by atoms with Crippen molar-refractivity contribution in [2.45, 2.75) is 39.7 Å². The fourth-order valence-corrected chi connectivity index (χ4v) is 1.58. The summed E-state index contributed by atoms with van der Waals surface area (Å²) in [6.45, 7) is 9.13. The quantitative estimate of drug-likeness (QED) is 0.758. The molecule has 0 atom stereocenters. The average Bonchev–Trinajstić information content (AvgIpc) is 2.14. The van der Waals surface area contributed by atoms with Gasteiger partial charge in [-0.05, 0) is 29.0 Å². The van der Waals surface area contributed by atoms with Gasteiger partial charge in [-0.2, -0.15) is 0 Å². The van der Waals surface area contributed by atoms with Gasteiger partial charge in [0.15, 0.2) is 0 Å². The van der Waals surface area contributed by atoms with Gasteiger partial charge in [-0.25, -0.2) is 0 Å². The van der Waals surface area contributed by atoms with E-state index in [1.165, 1.54) is 11.1 Å². The molecular weight excluding hydrogens is 218 g/mol. The zero-order chi connectivity index (χ0) is 12.3. The van der Waals surface area contributed by atoms with Crippen LogP contribution in [0.1, 0.15) is 37.5 Å². The Balaban J connectivity index is 2.95. The summed E-state index contributed by atoms with van der Waals surface area (Å²) in [5.41, 5.74) is 3.75. The maximum Gasteiger partial charge on any atom is 0.276 e. The maximum atomic E-state index is 10.8. The molecule has 3 heteroatoms. The van der Waals surface area contributed by atoms with E-state index in [0.29, 0.717) is 6.54 Å². The normalized spacial score (nSPS) is 11.3. The fourth-order valence-electron chi connectivity index (χ4n) is 1.50. The summed E-state index contributed by atoms with van der Waals surface area (Å²) in [7, 11) is 0. The Kier molecular flexibility index (Phi) is 4.03. The van der Waals surface area contributed by atoms with Crippen LogP contribution in [0, 0.1) is 6.92 Å². The molecule has 0 fully saturated rings. The third kappa shape index (κ3) is 3.56. The van der Waals surface area contributed by atoms with Crippen molar-refractivity contribution in [1.29, 1.82) is 0 Å². The molecule has 1 aromatic carbocycles. The first-order valence-corrected chi connectivity index (χ1v) is 5.82. The monoisotopic (exact) mass is 237 g/mol. The van der Waals surface area contributed by atoms with E-state index in [-0.39, 0.29) is 10.7 Å². The molecule has 0 spiro atoms. The van der Waals surface area contributed by atoms with E-state index < -0.39 is 0 Å². The predicted molar refractivity (Wildman–Crippen MR) is 71.1 cm³/mol. The number of hydrogen-bond donors (Lipinski definition) is 2. The lowest BCUT2D eigenvalue weighted by molar-refractivity contribution is 0.260. The van der Waals surface area contributed by atoms with Crippen molar-refractivity contribution in [2.75, 3.05) is 0 Å². The van der Waals surface area contributed by atoms with E-state index in [1.807, 2.05) is 6.92 Å². The second-order valence-corrected chi connectivity index (χ2v) is 5.46. The van der Waals surface area contributed by atoms with Gasteiger partial charge in [0.25, 0.3) is 5.24 Å². The average molecular weight is 237 g/mol. The molecule has 1 aromatic rings. The minimum Gasteiger partial charge on any atom is -0.343 e. The van der Waals surface area contributed by atoms with E-state index in [9.17, 15) is 4.79 Å². The number of thiol groups is 1. The lowest BCUT2D eigenvalue weighted by Crippen LogP contribution is -2.18. The molecule has 0 saturated heterocycles. The Morgan fingerprint density at radius 3 is 2.50 bits per heavy atom. The standard InChI is InChI=1S/C13H19NOS/c1-9-5-6-11(13(2,3)4)7-10(9)8-14-12(15)16/h5-7H,8H2,1-4H3,(H2,14,15,16). The number of rotatable bonds is 2. The molecule has 0 aliphatic heterocycles. The zero-order valence-corrected chi connectivity index (χ0v) is 11.2. The molecule has 0 aliphatic rings. The Labute approximate surface area is 103 Å². The van der Waals surface area contributed by atoms with Crippen LogP contribution in [-0.2, 0) is 12.0 Å². The number of carbonyl (C=O) groups excluding carboxylic acids is 1. The van der Waals surface area contributed by atoms with Crippen molar-refractivity contribution in [3.8, 4) is 0 Å². The lowest BCUT2D eigenvalue weighted by atomic mass is 9.85. The van der Waals surface area contributed by atoms with E-state index in [4.69, 9.17) is 0 Å². The summed E-state index contributed by atoms with van der Waals surface area (Å²) in [5.74, 6) is 0. The molecular formula is C13H19NOS. The number of aryl methyl sites for hydroxylation is 1. The predicted octanol–water partition coefficient (Wildman–Crippen LogP) is 3.43. The summed E-state index contributed by atoms with van der Waals surface area (Å²) in [6.07, 6.45) is 0. The van der Waals surface area contributed by atoms with E-state index in [2.05, 4.69) is 56.9 Å². The van der Waals surface area contributed by atoms with Crippen molar-refractivity contribution in [1.82, 2.24) is 5.32 Å². The number of benzene rings is 1. The van der Waals surface area contributed by atoms with Gasteiger partial charge in [-0.15, -0.1) is 0 Å². The first-order chi connectivity index (χ1) is 7.30. The smallest absolute Gasteiger partial charge is 0.276 e. The highest BCUT2D eigenvalue weighted by Gasteiger charge is 2.14. The van der Waals surface area contributed by atoms with Gasteiger partial charge in [-0.1, -0.05) is 51.6 Å². The van der Waals surface area contributed by atoms with Crippen LogP contribution in [0.5, 0.6) is 0 Å². The van der Waals surface area contributed by atoms with Crippen molar-refractivity contribution >= 4 is 17.9 Å². The van der Waals surface area contributed by atoms with Gasteiger partial charge < -0.3 is 5.32 Å². The largest absolute Gasteiger partial charge is 0.343 e. The molecule has 0 unspecified atom stereocenters. The first-order valence-electron chi connectivity index (χ1n) is 5.37. The molecule has 1 rings (SSSR count). The molecule has 16 heavy (non-hydrogen) atoms. The van der Waals surface area contributed by atoms with Crippen LogP contribution >= 0.6 is 12.6 Å². The molecule has 0 bridgehead atoms. The molecule has 1 N–H and O–H groups in total. The summed E-state index contributed by atoms with van der Waals surface area (Å²) >= 11 is 3.70. The maximum absolute atomic E-state index is 10.8. The van der Waals surface area contributed by atoms with Crippen LogP contribution in [-0.4, -0.2) is 5.24 Å². The van der Waals surface area contributed by atoms with Crippen molar-refractivity contribution in [3.05, 3.63) is 34.9 Å². The zero-order valence-electron chi connectivity index (χ0n) is 10.3. The van der Waals surface area contributed by atoms with E-state index in [0.717, 1.165) is 5.56 Å². The van der Waals surface area contributed by atoms with E-state index >= 15 is 0 Å². The lowest BCUT2D eigenvalue weighted by Gasteiger charge is -2.20. The Morgan fingerprint density at radius 2 is 2.00 bits per heavy atom. The second-order valence-electron chi connectivity index (χ2n) is 5.05. The first kappa shape index (κ1) is 13.1. The van der Waals surface area contributed by atoms with Gasteiger partial charge in [0.1, 0.15) is 0 Å². The molecule has 1 amide bonds. The van der Waals surface area contributed by atoms with E-state index in [1.54, 1.807) is 0 Å². The number of hydrogen-bond acceptors (Lipinski definition) is 1. The fraction of sp³-hybridized carbons (Fsp3) is 0.462.